The minimum absolute atomic E-state index is 0.0129. The molecule has 3 aromatic heterocycles. The summed E-state index contributed by atoms with van der Waals surface area (Å²) in [5.74, 6) is -5.05. The first-order chi connectivity index (χ1) is 37.9. The zero-order valence-electron chi connectivity index (χ0n) is 41.3. The van der Waals surface area contributed by atoms with Crippen molar-refractivity contribution in [1.29, 1.82) is 0 Å². The number of carbonyl (C=O) groups is 6. The third-order valence-corrected chi connectivity index (χ3v) is 19.6. The molecule has 20 heteroatoms. The molecule has 0 bridgehead atoms. The second kappa shape index (κ2) is 22.0. The van der Waals surface area contributed by atoms with Crippen LogP contribution in [-0.4, -0.2) is 72.3 Å². The maximum Gasteiger partial charge on any atom is 0.333 e. The second-order valence-corrected chi connectivity index (χ2v) is 24.2. The van der Waals surface area contributed by atoms with Gasteiger partial charge in [0.1, 0.15) is 45.0 Å². The lowest BCUT2D eigenvalue weighted by molar-refractivity contribution is -0.167. The summed E-state index contributed by atoms with van der Waals surface area (Å²) in [5, 5.41) is 0.558. The molecule has 13 nitrogen and oxygen atoms in total. The number of carbonyl (C=O) groups excluding carboxylic acids is 6. The van der Waals surface area contributed by atoms with E-state index in [9.17, 15) is 9.59 Å². The Morgan fingerprint density at radius 1 is 0.577 bits per heavy atom. The first-order valence-corrected chi connectivity index (χ1v) is 29.2. The zero-order valence-corrected chi connectivity index (χ0v) is 47.0. The minimum atomic E-state index is -2.60. The highest BCUT2D eigenvalue weighted by Gasteiger charge is 2.68. The number of aliphatic imine (C=N–C) groups is 1. The predicted molar refractivity (Wildman–Crippen MR) is 312 cm³/mol. The summed E-state index contributed by atoms with van der Waals surface area (Å²) in [4.78, 5) is 100. The zero-order chi connectivity index (χ0) is 54.3. The number of fused-ring (bicyclic) bond motifs is 7. The highest BCUT2D eigenvalue weighted by Crippen LogP contribution is 2.66. The highest BCUT2D eigenvalue weighted by atomic mass is 32.2. The van der Waals surface area contributed by atoms with E-state index in [4.69, 9.17) is 48.4 Å². The Morgan fingerprint density at radius 2 is 1.03 bits per heavy atom. The van der Waals surface area contributed by atoms with Crippen molar-refractivity contribution in [2.75, 3.05) is 13.1 Å². The van der Waals surface area contributed by atoms with Crippen LogP contribution in [0, 0.1) is 0 Å². The summed E-state index contributed by atoms with van der Waals surface area (Å²) in [6.45, 7) is 3.12. The van der Waals surface area contributed by atoms with Gasteiger partial charge in [0.15, 0.2) is 5.04 Å². The lowest BCUT2D eigenvalue weighted by Crippen LogP contribution is -2.51. The Morgan fingerprint density at radius 3 is 1.49 bits per heavy atom. The maximum atomic E-state index is 16.1. The van der Waals surface area contributed by atoms with Crippen molar-refractivity contribution in [3.05, 3.63) is 194 Å². The molecule has 2 amide bonds. The van der Waals surface area contributed by atoms with Gasteiger partial charge in [-0.05, 0) is 83.4 Å². The number of nitrogens with zero attached hydrogens (tertiary/aromatic N) is 3. The van der Waals surface area contributed by atoms with Crippen LogP contribution < -0.4 is 0 Å². The number of amides is 2. The number of likely N-dealkylation sites (N-methyl/N-ethyl adjacent to an activating group) is 1. The van der Waals surface area contributed by atoms with Crippen LogP contribution in [0.1, 0.15) is 57.7 Å². The Kier molecular flexibility index (Phi) is 14.9. The molecule has 4 aromatic carbocycles. The Balaban J connectivity index is 1.18. The van der Waals surface area contributed by atoms with Gasteiger partial charge in [0.2, 0.25) is 10.8 Å². The van der Waals surface area contributed by atoms with E-state index in [1.807, 2.05) is 31.2 Å². The van der Waals surface area contributed by atoms with E-state index in [0.29, 0.717) is 73.0 Å². The number of thiocarbonyl (C=S) groups is 2. The summed E-state index contributed by atoms with van der Waals surface area (Å²) < 4.78 is 27.0. The normalized spacial score (nSPS) is 16.3. The van der Waals surface area contributed by atoms with Crippen LogP contribution in [0.5, 0.6) is 0 Å². The van der Waals surface area contributed by atoms with Crippen molar-refractivity contribution >= 4 is 152 Å². The van der Waals surface area contributed by atoms with Gasteiger partial charge in [-0.25, -0.2) is 4.99 Å². The highest BCUT2D eigenvalue weighted by molar-refractivity contribution is 8.35. The SMILES string of the molecule is CCN1C(=O)C(=C=CC2=Cc3sc4c(c3C2(C(=O)OCc2ccccc2)C(=O)OCc2ccccc2)C(C(=O)OCc2ccccc2)(C(=O)OCc2ccccc2)c2c-4sc3cc(/N=C4\SC(=S)N(CC)C4=O)sc23)SC1=S. The molecule has 0 radical (unpaired) electrons. The van der Waals surface area contributed by atoms with Gasteiger partial charge in [-0.3, -0.25) is 38.6 Å². The summed E-state index contributed by atoms with van der Waals surface area (Å²) in [7, 11) is 0. The number of thioether (sulfide) groups is 2. The van der Waals surface area contributed by atoms with Gasteiger partial charge in [0.05, 0.1) is 14.5 Å². The van der Waals surface area contributed by atoms with E-state index in [2.05, 4.69) is 5.73 Å². The molecule has 7 aromatic rings. The van der Waals surface area contributed by atoms with Crippen LogP contribution in [0.15, 0.2) is 155 Å². The van der Waals surface area contributed by atoms with Crippen molar-refractivity contribution in [2.24, 2.45) is 4.99 Å². The van der Waals surface area contributed by atoms with E-state index < -0.39 is 40.6 Å². The van der Waals surface area contributed by atoms with Crippen LogP contribution in [-0.2, 0) is 85.0 Å². The number of thiophene rings is 3. The number of hydrogen-bond acceptors (Lipinski definition) is 18. The van der Waals surface area contributed by atoms with Gasteiger partial charge >= 0.3 is 23.9 Å². The molecule has 0 saturated carbocycles. The van der Waals surface area contributed by atoms with E-state index in [0.717, 1.165) is 46.2 Å². The van der Waals surface area contributed by atoms with Gasteiger partial charge in [-0.15, -0.1) is 34.0 Å². The lowest BCUT2D eigenvalue weighted by Gasteiger charge is -2.33. The first kappa shape index (κ1) is 52.9. The molecule has 78 heavy (non-hydrogen) atoms. The van der Waals surface area contributed by atoms with Gasteiger partial charge in [0.25, 0.3) is 11.8 Å². The Labute approximate surface area is 478 Å². The molecule has 11 rings (SSSR count). The van der Waals surface area contributed by atoms with Crippen LogP contribution in [0.25, 0.3) is 25.2 Å². The van der Waals surface area contributed by atoms with Gasteiger partial charge in [0, 0.05) is 39.4 Å². The van der Waals surface area contributed by atoms with Crippen molar-refractivity contribution in [3.63, 3.8) is 0 Å². The van der Waals surface area contributed by atoms with Crippen molar-refractivity contribution in [1.82, 2.24) is 9.80 Å². The molecule has 0 N–H and O–H groups in total. The van der Waals surface area contributed by atoms with Crippen molar-refractivity contribution in [3.8, 4) is 9.75 Å². The molecule has 2 fully saturated rings. The molecule has 4 aliphatic rings. The van der Waals surface area contributed by atoms with E-state index in [-0.39, 0.29) is 64.5 Å². The van der Waals surface area contributed by atoms with Crippen LogP contribution in [0.3, 0.4) is 0 Å². The average Bonchev–Trinajstić information content (AvgIpc) is 2.99. The predicted octanol–water partition coefficient (Wildman–Crippen LogP) is 11.7. The molecule has 5 heterocycles. The quantitative estimate of drug-likeness (QED) is 0.0225. The third kappa shape index (κ3) is 9.18. The fourth-order valence-corrected chi connectivity index (χ4v) is 16.3. The maximum absolute atomic E-state index is 16.1. The second-order valence-electron chi connectivity index (χ2n) is 17.8. The average molecular weight is 1160 g/mol. The van der Waals surface area contributed by atoms with E-state index in [1.165, 1.54) is 27.2 Å². The van der Waals surface area contributed by atoms with Crippen molar-refractivity contribution < 1.29 is 47.7 Å². The molecule has 0 atom stereocenters. The number of esters is 4. The standard InChI is InChI=1S/C58H41N3O10S7/c1-3-60-49(62)38(76-55(60)72)26-25-37-27-39-42(57(37,51(64)68-29-33-17-9-5-10-18-33)52(65)69-30-34-19-11-6-12-20-34)43-46(74-39)47-44(45-40(75-47)28-41(77-45)59-48-50(63)61(4-2)56(73)78-48)58(43,53(66)70-31-35-21-13-7-14-22-35)54(67)71-32-36-23-15-8-16-24-36/h5-25,27-28H,3-4,29-32H2,1-2H3/b59-48-. The molecule has 2 aliphatic carbocycles. The Bertz CT molecular complexity index is 3670. The summed E-state index contributed by atoms with van der Waals surface area (Å²) in [5.41, 5.74) is 0.444. The first-order valence-electron chi connectivity index (χ1n) is 24.3. The van der Waals surface area contributed by atoms with E-state index >= 15 is 19.2 Å². The third-order valence-electron chi connectivity index (χ3n) is 13.3. The fourth-order valence-electron chi connectivity index (χ4n) is 9.60. The largest absolute Gasteiger partial charge is 0.459 e. The summed E-state index contributed by atoms with van der Waals surface area (Å²) in [6, 6.07) is 37.5. The molecule has 2 aliphatic heterocycles. The molecule has 0 spiro atoms. The monoisotopic (exact) mass is 1160 g/mol. The van der Waals surface area contributed by atoms with Crippen LogP contribution in [0.2, 0.25) is 0 Å². The summed E-state index contributed by atoms with van der Waals surface area (Å²) >= 11 is 16.7. The van der Waals surface area contributed by atoms with Gasteiger partial charge in [-0.1, -0.05) is 151 Å². The topological polar surface area (TPSA) is 158 Å². The number of ether oxygens (including phenoxy) is 4. The molecular formula is C58H41N3O10S7. The molecule has 0 unspecified atom stereocenters. The van der Waals surface area contributed by atoms with Gasteiger partial charge < -0.3 is 18.9 Å². The minimum Gasteiger partial charge on any atom is -0.459 e. The smallest absolute Gasteiger partial charge is 0.333 e. The van der Waals surface area contributed by atoms with E-state index in [1.54, 1.807) is 116 Å². The molecule has 390 valence electrons. The van der Waals surface area contributed by atoms with Crippen LogP contribution in [0.4, 0.5) is 5.00 Å². The molecule has 2 saturated heterocycles. The van der Waals surface area contributed by atoms with Crippen molar-refractivity contribution in [2.45, 2.75) is 51.1 Å². The van der Waals surface area contributed by atoms with Crippen LogP contribution >= 0.6 is 82.0 Å². The number of benzene rings is 4. The Hall–Kier alpha value is -7.13. The van der Waals surface area contributed by atoms with Gasteiger partial charge in [-0.2, -0.15) is 0 Å². The number of rotatable bonds is 16. The lowest BCUT2D eigenvalue weighted by atomic mass is 9.69. The number of hydrogen-bond donors (Lipinski definition) is 0. The molecular weight excluding hydrogens is 1120 g/mol. The summed E-state index contributed by atoms with van der Waals surface area (Å²) in [6.07, 6.45) is 2.98. The fraction of sp³-hybridized carbons (Fsp3) is 0.172.